The van der Waals surface area contributed by atoms with E-state index in [1.54, 1.807) is 0 Å². The van der Waals surface area contributed by atoms with Crippen molar-refractivity contribution >= 4 is 5.91 Å². The predicted molar refractivity (Wildman–Crippen MR) is 124 cm³/mol. The second-order valence-corrected chi connectivity index (χ2v) is 9.37. The molecule has 1 aliphatic carbocycles. The number of H-pyrrole nitrogens is 1. The van der Waals surface area contributed by atoms with E-state index >= 15 is 0 Å². The fourth-order valence-electron chi connectivity index (χ4n) is 5.38. The van der Waals surface area contributed by atoms with Crippen LogP contribution in [0.1, 0.15) is 48.2 Å². The van der Waals surface area contributed by atoms with Crippen molar-refractivity contribution in [3.8, 4) is 0 Å². The topological polar surface area (TPSA) is 90.5 Å². The average molecular weight is 441 g/mol. The minimum atomic E-state index is -0.356. The molecular formula is C25H36N4O3. The molecule has 0 unspecified atom stereocenters. The molecule has 2 aromatic rings. The molecule has 0 radical (unpaired) electrons. The van der Waals surface area contributed by atoms with E-state index in [1.165, 1.54) is 5.56 Å². The van der Waals surface area contributed by atoms with Crippen LogP contribution in [0.4, 0.5) is 0 Å². The summed E-state index contributed by atoms with van der Waals surface area (Å²) in [5.74, 6) is 0.0161. The van der Waals surface area contributed by atoms with Crippen LogP contribution in [0.3, 0.4) is 0 Å². The number of aromatic amines is 1. The first-order chi connectivity index (χ1) is 15.5. The number of benzene rings is 1. The summed E-state index contributed by atoms with van der Waals surface area (Å²) in [6.45, 7) is 7.67. The Labute approximate surface area is 190 Å². The summed E-state index contributed by atoms with van der Waals surface area (Å²) in [5, 5.41) is 21.4. The van der Waals surface area contributed by atoms with Gasteiger partial charge < -0.3 is 15.2 Å². The fraction of sp³-hybridized carbons (Fsp3) is 0.600. The molecule has 1 aliphatic heterocycles. The number of hydrogen-bond acceptors (Lipinski definition) is 5. The quantitative estimate of drug-likeness (QED) is 0.600. The van der Waals surface area contributed by atoms with Gasteiger partial charge in [0.2, 0.25) is 5.91 Å². The summed E-state index contributed by atoms with van der Waals surface area (Å²) in [6.07, 6.45) is 3.39. The lowest BCUT2D eigenvalue weighted by Gasteiger charge is -2.37. The number of aromatic nitrogens is 2. The number of hydrogen-bond donors (Lipinski definition) is 3. The first-order valence-electron chi connectivity index (χ1n) is 11.8. The molecule has 1 aromatic carbocycles. The highest BCUT2D eigenvalue weighted by atomic mass is 16.5. The summed E-state index contributed by atoms with van der Waals surface area (Å²) in [6, 6.07) is 10.6. The van der Waals surface area contributed by atoms with E-state index in [9.17, 15) is 9.90 Å². The van der Waals surface area contributed by atoms with Crippen molar-refractivity contribution in [3.63, 3.8) is 0 Å². The van der Waals surface area contributed by atoms with Crippen LogP contribution < -0.4 is 5.32 Å². The highest BCUT2D eigenvalue weighted by molar-refractivity contribution is 5.79. The molecule has 1 aromatic heterocycles. The van der Waals surface area contributed by atoms with Crippen LogP contribution in [-0.4, -0.2) is 71.1 Å². The van der Waals surface area contributed by atoms with Crippen LogP contribution in [0, 0.1) is 13.8 Å². The Hall–Kier alpha value is -2.22. The largest absolute Gasteiger partial charge is 0.391 e. The maximum absolute atomic E-state index is 12.9. The Morgan fingerprint density at radius 3 is 2.62 bits per heavy atom. The summed E-state index contributed by atoms with van der Waals surface area (Å²) in [5.41, 5.74) is 3.85. The summed E-state index contributed by atoms with van der Waals surface area (Å²) >= 11 is 0. The second-order valence-electron chi connectivity index (χ2n) is 9.37. The highest BCUT2D eigenvalue weighted by Gasteiger charge is 2.40. The monoisotopic (exact) mass is 440 g/mol. The third-order valence-corrected chi connectivity index (χ3v) is 7.42. The zero-order valence-corrected chi connectivity index (χ0v) is 19.3. The molecule has 2 heterocycles. The Balaban J connectivity index is 1.49. The van der Waals surface area contributed by atoms with Crippen molar-refractivity contribution < 1.29 is 14.6 Å². The van der Waals surface area contributed by atoms with Crippen LogP contribution in [0.15, 0.2) is 30.3 Å². The van der Waals surface area contributed by atoms with Gasteiger partial charge in [0.1, 0.15) is 0 Å². The standard InChI is InChI=1S/C25H36N4O3/c1-18-21(19(2)28-27-18)16-24(31)26-17-25(20-6-4-3-5-7-20)10-8-22(23(30)9-11-25)29-12-14-32-15-13-29/h3-7,22-23,30H,8-17H2,1-2H3,(H,26,31)(H,27,28)/t22-,23-,25+/m0/s1. The second kappa shape index (κ2) is 10.1. The molecule has 0 bridgehead atoms. The number of rotatable bonds is 6. The zero-order valence-electron chi connectivity index (χ0n) is 19.3. The fourth-order valence-corrected chi connectivity index (χ4v) is 5.38. The highest BCUT2D eigenvalue weighted by Crippen LogP contribution is 2.39. The molecule has 7 nitrogen and oxygen atoms in total. The normalized spacial score (nSPS) is 27.1. The average Bonchev–Trinajstić information content (AvgIpc) is 3.03. The maximum Gasteiger partial charge on any atom is 0.224 e. The van der Waals surface area contributed by atoms with Gasteiger partial charge in [0, 0.05) is 42.3 Å². The maximum atomic E-state index is 12.9. The number of nitrogens with one attached hydrogen (secondary N) is 2. The van der Waals surface area contributed by atoms with E-state index < -0.39 is 0 Å². The Kier molecular flexibility index (Phi) is 7.28. The molecule has 0 spiro atoms. The molecule has 3 atom stereocenters. The zero-order chi connectivity index (χ0) is 22.6. The van der Waals surface area contributed by atoms with Crippen molar-refractivity contribution in [2.45, 2.75) is 63.5 Å². The number of aliphatic hydroxyl groups excluding tert-OH is 1. The minimum absolute atomic E-state index is 0.0161. The Morgan fingerprint density at radius 1 is 1.22 bits per heavy atom. The molecule has 1 saturated heterocycles. The van der Waals surface area contributed by atoms with Gasteiger partial charge in [-0.05, 0) is 45.1 Å². The molecule has 2 fully saturated rings. The van der Waals surface area contributed by atoms with Crippen molar-refractivity contribution in [1.82, 2.24) is 20.4 Å². The molecular weight excluding hydrogens is 404 g/mol. The lowest BCUT2D eigenvalue weighted by molar-refractivity contribution is -0.120. The number of carbonyl (C=O) groups is 1. The number of aliphatic hydroxyl groups is 1. The Bertz CT molecular complexity index is 874. The summed E-state index contributed by atoms with van der Waals surface area (Å²) in [7, 11) is 0. The van der Waals surface area contributed by atoms with Crippen molar-refractivity contribution in [1.29, 1.82) is 0 Å². The summed E-state index contributed by atoms with van der Waals surface area (Å²) < 4.78 is 5.51. The molecule has 174 valence electrons. The number of aryl methyl sites for hydroxylation is 2. The first kappa shape index (κ1) is 23.0. The molecule has 1 amide bonds. The molecule has 3 N–H and O–H groups in total. The SMILES string of the molecule is Cc1n[nH]c(C)c1CC(=O)NC[C@]1(c2ccccc2)CC[C@H](O)[C@@H](N2CCOCC2)CC1. The summed E-state index contributed by atoms with van der Waals surface area (Å²) in [4.78, 5) is 15.3. The van der Waals surface area contributed by atoms with E-state index in [4.69, 9.17) is 4.74 Å². The molecule has 32 heavy (non-hydrogen) atoms. The molecule has 4 rings (SSSR count). The van der Waals surface area contributed by atoms with Gasteiger partial charge in [0.15, 0.2) is 0 Å². The lowest BCUT2D eigenvalue weighted by Crippen LogP contribution is -2.48. The predicted octanol–water partition coefficient (Wildman–Crippen LogP) is 2.26. The van der Waals surface area contributed by atoms with Crippen molar-refractivity contribution in [3.05, 3.63) is 52.8 Å². The van der Waals surface area contributed by atoms with Gasteiger partial charge in [-0.2, -0.15) is 5.10 Å². The number of ether oxygens (including phenoxy) is 1. The smallest absolute Gasteiger partial charge is 0.224 e. The first-order valence-corrected chi connectivity index (χ1v) is 11.8. The van der Waals surface area contributed by atoms with Gasteiger partial charge in [-0.1, -0.05) is 30.3 Å². The van der Waals surface area contributed by atoms with Gasteiger partial charge in [-0.3, -0.25) is 14.8 Å². The van der Waals surface area contributed by atoms with Gasteiger partial charge >= 0.3 is 0 Å². The number of amides is 1. The van der Waals surface area contributed by atoms with Gasteiger partial charge in [0.25, 0.3) is 0 Å². The Morgan fingerprint density at radius 2 is 1.94 bits per heavy atom. The van der Waals surface area contributed by atoms with E-state index in [1.807, 2.05) is 19.9 Å². The van der Waals surface area contributed by atoms with Gasteiger partial charge in [-0.25, -0.2) is 0 Å². The third kappa shape index (κ3) is 5.05. The van der Waals surface area contributed by atoms with Crippen molar-refractivity contribution in [2.75, 3.05) is 32.8 Å². The van der Waals surface area contributed by atoms with Gasteiger partial charge in [-0.15, -0.1) is 0 Å². The van der Waals surface area contributed by atoms with E-state index in [2.05, 4.69) is 44.7 Å². The van der Waals surface area contributed by atoms with Crippen LogP contribution in [0.2, 0.25) is 0 Å². The molecule has 7 heteroatoms. The van der Waals surface area contributed by atoms with E-state index in [0.29, 0.717) is 13.0 Å². The number of nitrogens with zero attached hydrogens (tertiary/aromatic N) is 2. The third-order valence-electron chi connectivity index (χ3n) is 7.42. The number of carbonyl (C=O) groups excluding carboxylic acids is 1. The van der Waals surface area contributed by atoms with Crippen LogP contribution >= 0.6 is 0 Å². The van der Waals surface area contributed by atoms with Crippen LogP contribution in [0.25, 0.3) is 0 Å². The molecule has 2 aliphatic rings. The van der Waals surface area contributed by atoms with E-state index in [0.717, 1.165) is 68.9 Å². The van der Waals surface area contributed by atoms with Crippen LogP contribution in [0.5, 0.6) is 0 Å². The van der Waals surface area contributed by atoms with Crippen LogP contribution in [-0.2, 0) is 21.4 Å². The number of morpholine rings is 1. The molecule has 1 saturated carbocycles. The minimum Gasteiger partial charge on any atom is -0.391 e. The van der Waals surface area contributed by atoms with Crippen molar-refractivity contribution in [2.24, 2.45) is 0 Å². The van der Waals surface area contributed by atoms with Gasteiger partial charge in [0.05, 0.1) is 31.4 Å². The lowest BCUT2D eigenvalue weighted by atomic mass is 9.74. The van der Waals surface area contributed by atoms with E-state index in [-0.39, 0.29) is 23.5 Å².